The van der Waals surface area contributed by atoms with E-state index in [4.69, 9.17) is 5.11 Å². The van der Waals surface area contributed by atoms with E-state index in [2.05, 4.69) is 33.0 Å². The summed E-state index contributed by atoms with van der Waals surface area (Å²) in [4.78, 5) is 48.9. The van der Waals surface area contributed by atoms with Gasteiger partial charge in [0, 0.05) is 31.1 Å². The molecule has 196 valence electrons. The lowest BCUT2D eigenvalue weighted by Crippen LogP contribution is -2.57. The molecule has 6 heteroatoms. The largest absolute Gasteiger partial charge is 0.480 e. The predicted molar refractivity (Wildman–Crippen MR) is 133 cm³/mol. The number of hydrogen-bond acceptors (Lipinski definition) is 4. The molecule has 2 N–H and O–H groups in total. The number of carbonyl (C=O) groups is 4. The number of carboxylic acids is 1. The number of Topliss-reactive ketones (excluding diaryl/α,β-unsaturated/α-hetero) is 2. The first-order chi connectivity index (χ1) is 16.4. The number of fused-ring (bicyclic) bond motifs is 5. The van der Waals surface area contributed by atoms with Crippen LogP contribution in [0.5, 0.6) is 0 Å². The molecule has 0 heterocycles. The molecule has 4 aliphatic carbocycles. The van der Waals surface area contributed by atoms with Gasteiger partial charge >= 0.3 is 5.97 Å². The Kier molecular flexibility index (Phi) is 7.25. The summed E-state index contributed by atoms with van der Waals surface area (Å²) < 4.78 is 0. The van der Waals surface area contributed by atoms with E-state index in [1.807, 2.05) is 6.92 Å². The summed E-state index contributed by atoms with van der Waals surface area (Å²) in [5, 5.41) is 11.4. The van der Waals surface area contributed by atoms with Crippen LogP contribution in [0.25, 0.3) is 0 Å². The van der Waals surface area contributed by atoms with Crippen molar-refractivity contribution in [1.29, 1.82) is 0 Å². The van der Waals surface area contributed by atoms with Crippen LogP contribution >= 0.6 is 0 Å². The zero-order valence-corrected chi connectivity index (χ0v) is 22.3. The van der Waals surface area contributed by atoms with Crippen LogP contribution in [0, 0.1) is 58.2 Å². The summed E-state index contributed by atoms with van der Waals surface area (Å²) in [7, 11) is 0. The van der Waals surface area contributed by atoms with E-state index in [1.165, 1.54) is 0 Å². The first-order valence-electron chi connectivity index (χ1n) is 13.9. The van der Waals surface area contributed by atoms with Gasteiger partial charge in [0.15, 0.2) is 0 Å². The van der Waals surface area contributed by atoms with E-state index in [1.54, 1.807) is 0 Å². The maximum atomic E-state index is 13.5. The highest BCUT2D eigenvalue weighted by Gasteiger charge is 2.63. The molecule has 0 bridgehead atoms. The quantitative estimate of drug-likeness (QED) is 0.532. The number of aliphatic carboxylic acids is 1. The van der Waals surface area contributed by atoms with Crippen LogP contribution in [0.15, 0.2) is 0 Å². The summed E-state index contributed by atoms with van der Waals surface area (Å²) >= 11 is 0. The molecular weight excluding hydrogens is 442 g/mol. The Balaban J connectivity index is 1.45. The number of hydrogen-bond donors (Lipinski definition) is 2. The summed E-state index contributed by atoms with van der Waals surface area (Å²) in [6, 6.07) is 0. The van der Waals surface area contributed by atoms with Gasteiger partial charge in [-0.05, 0) is 84.9 Å². The van der Waals surface area contributed by atoms with Gasteiger partial charge in [-0.25, -0.2) is 0 Å². The standard InChI is InChI=1S/C29H45NO5/c1-16(18(3)27(35)30-15-25(33)34)12-17(2)21-6-7-22-26-23(9-11-29(21,22)5)28(4)10-8-20(31)13-19(28)14-24(26)32/h16-19,21-23,26H,6-15H2,1-5H3,(H,30,35)(H,33,34). The monoisotopic (exact) mass is 487 g/mol. The van der Waals surface area contributed by atoms with Crippen molar-refractivity contribution in [2.75, 3.05) is 6.54 Å². The van der Waals surface area contributed by atoms with Crippen molar-refractivity contribution in [3.05, 3.63) is 0 Å². The highest BCUT2D eigenvalue weighted by Crippen LogP contribution is 2.67. The van der Waals surface area contributed by atoms with Gasteiger partial charge in [-0.1, -0.05) is 34.6 Å². The Labute approximate surface area is 210 Å². The first kappa shape index (κ1) is 26.3. The zero-order valence-electron chi connectivity index (χ0n) is 22.3. The Morgan fingerprint density at radius 2 is 1.69 bits per heavy atom. The number of carboxylic acid groups (broad SMARTS) is 1. The summed E-state index contributed by atoms with van der Waals surface area (Å²) in [6.45, 7) is 10.8. The smallest absolute Gasteiger partial charge is 0.322 e. The third kappa shape index (κ3) is 4.59. The molecule has 6 nitrogen and oxygen atoms in total. The Hall–Kier alpha value is -1.72. The molecule has 4 saturated carbocycles. The second kappa shape index (κ2) is 9.63. The minimum absolute atomic E-state index is 0.130. The molecule has 0 aromatic heterocycles. The summed E-state index contributed by atoms with van der Waals surface area (Å²) in [5.74, 6) is 1.71. The second-order valence-electron chi connectivity index (χ2n) is 13.2. The van der Waals surface area contributed by atoms with Crippen LogP contribution in [0.4, 0.5) is 0 Å². The Morgan fingerprint density at radius 3 is 2.37 bits per heavy atom. The minimum Gasteiger partial charge on any atom is -0.480 e. The predicted octanol–water partition coefficient (Wildman–Crippen LogP) is 4.89. The fourth-order valence-corrected chi connectivity index (χ4v) is 9.24. The number of carbonyl (C=O) groups excluding carboxylic acids is 3. The molecule has 0 aromatic rings. The molecule has 0 radical (unpaired) electrons. The van der Waals surface area contributed by atoms with Gasteiger partial charge in [-0.2, -0.15) is 0 Å². The van der Waals surface area contributed by atoms with Crippen LogP contribution in [0.3, 0.4) is 0 Å². The normalized spacial score (nSPS) is 41.2. The maximum Gasteiger partial charge on any atom is 0.322 e. The molecule has 0 saturated heterocycles. The van der Waals surface area contributed by atoms with Gasteiger partial charge in [0.25, 0.3) is 0 Å². The lowest BCUT2D eigenvalue weighted by atomic mass is 9.44. The molecule has 4 aliphatic rings. The Morgan fingerprint density at radius 1 is 1.00 bits per heavy atom. The van der Waals surface area contributed by atoms with E-state index in [0.29, 0.717) is 54.5 Å². The number of nitrogens with one attached hydrogen (secondary N) is 1. The van der Waals surface area contributed by atoms with Crippen molar-refractivity contribution >= 4 is 23.4 Å². The van der Waals surface area contributed by atoms with Crippen LogP contribution in [-0.2, 0) is 19.2 Å². The van der Waals surface area contributed by atoms with E-state index < -0.39 is 5.97 Å². The van der Waals surface area contributed by atoms with E-state index in [9.17, 15) is 19.2 Å². The zero-order chi connectivity index (χ0) is 25.7. The van der Waals surface area contributed by atoms with E-state index in [0.717, 1.165) is 38.5 Å². The molecule has 0 spiro atoms. The van der Waals surface area contributed by atoms with Crippen molar-refractivity contribution in [2.24, 2.45) is 58.2 Å². The molecule has 0 aliphatic heterocycles. The van der Waals surface area contributed by atoms with Crippen molar-refractivity contribution in [3.8, 4) is 0 Å². The van der Waals surface area contributed by atoms with Gasteiger partial charge in [0.05, 0.1) is 0 Å². The molecule has 4 fully saturated rings. The average Bonchev–Trinajstić information content (AvgIpc) is 3.15. The van der Waals surface area contributed by atoms with Crippen molar-refractivity contribution in [3.63, 3.8) is 0 Å². The van der Waals surface area contributed by atoms with Crippen LogP contribution in [0.1, 0.15) is 92.4 Å². The van der Waals surface area contributed by atoms with Crippen molar-refractivity contribution in [2.45, 2.75) is 92.4 Å². The lowest BCUT2D eigenvalue weighted by Gasteiger charge is -2.59. The van der Waals surface area contributed by atoms with Gasteiger partial charge in [0.1, 0.15) is 18.1 Å². The van der Waals surface area contributed by atoms with Crippen molar-refractivity contribution in [1.82, 2.24) is 5.32 Å². The third-order valence-electron chi connectivity index (χ3n) is 11.5. The highest BCUT2D eigenvalue weighted by atomic mass is 16.4. The van der Waals surface area contributed by atoms with Gasteiger partial charge in [-0.3, -0.25) is 19.2 Å². The molecule has 10 unspecified atom stereocenters. The third-order valence-corrected chi connectivity index (χ3v) is 11.5. The molecule has 35 heavy (non-hydrogen) atoms. The van der Waals surface area contributed by atoms with Gasteiger partial charge < -0.3 is 10.4 Å². The number of ketones is 2. The number of rotatable bonds is 7. The lowest BCUT2D eigenvalue weighted by molar-refractivity contribution is -0.159. The van der Waals surface area contributed by atoms with Gasteiger partial charge in [0.2, 0.25) is 5.91 Å². The fourth-order valence-electron chi connectivity index (χ4n) is 9.24. The van der Waals surface area contributed by atoms with E-state index >= 15 is 0 Å². The van der Waals surface area contributed by atoms with Crippen LogP contribution < -0.4 is 5.32 Å². The molecule has 0 aromatic carbocycles. The molecule has 4 rings (SSSR count). The second-order valence-corrected chi connectivity index (χ2v) is 13.2. The maximum absolute atomic E-state index is 13.5. The first-order valence-corrected chi connectivity index (χ1v) is 13.9. The van der Waals surface area contributed by atoms with Crippen molar-refractivity contribution < 1.29 is 24.3 Å². The summed E-state index contributed by atoms with van der Waals surface area (Å²) in [5.41, 5.74) is 0.281. The minimum atomic E-state index is -1.02. The molecule has 10 atom stereocenters. The Bertz CT molecular complexity index is 884. The fraction of sp³-hybridized carbons (Fsp3) is 0.862. The van der Waals surface area contributed by atoms with Crippen LogP contribution in [0.2, 0.25) is 0 Å². The van der Waals surface area contributed by atoms with E-state index in [-0.39, 0.29) is 47.0 Å². The SMILES string of the molecule is CC(CC(C)C1CCC2C3C(=O)CC4CC(=O)CCC4(C)C3CCC12C)C(C)C(=O)NCC(=O)O. The summed E-state index contributed by atoms with van der Waals surface area (Å²) in [6.07, 6.45) is 8.26. The highest BCUT2D eigenvalue weighted by molar-refractivity contribution is 5.86. The van der Waals surface area contributed by atoms with Crippen LogP contribution in [-0.4, -0.2) is 35.1 Å². The topological polar surface area (TPSA) is 101 Å². The average molecular weight is 488 g/mol. The molecule has 1 amide bonds. The molecular formula is C29H45NO5. The number of amides is 1. The van der Waals surface area contributed by atoms with Gasteiger partial charge in [-0.15, -0.1) is 0 Å².